The number of halogens is 1. The molecule has 23 heavy (non-hydrogen) atoms. The second kappa shape index (κ2) is 6.19. The number of fused-ring (bicyclic) bond motifs is 1. The lowest BCUT2D eigenvalue weighted by atomic mass is 9.97. The van der Waals surface area contributed by atoms with Crippen LogP contribution in [0.3, 0.4) is 0 Å². The fraction of sp³-hybridized carbons (Fsp3) is 0.176. The molecule has 0 unspecified atom stereocenters. The number of nitrogens with zero attached hydrogens (tertiary/aromatic N) is 2. The fourth-order valence-electron chi connectivity index (χ4n) is 2.98. The SMILES string of the molecule is O=C(c1cncc(Br)c1)N1CCc2sccc2[C@H]1c1cccs1. The van der Waals surface area contributed by atoms with Crippen molar-refractivity contribution in [3.8, 4) is 0 Å². The van der Waals surface area contributed by atoms with Crippen LogP contribution in [-0.4, -0.2) is 22.3 Å². The van der Waals surface area contributed by atoms with Gasteiger partial charge in [-0.1, -0.05) is 6.07 Å². The summed E-state index contributed by atoms with van der Waals surface area (Å²) in [5.74, 6) is 0.0362. The predicted molar refractivity (Wildman–Crippen MR) is 97.2 cm³/mol. The molecule has 0 fully saturated rings. The average molecular weight is 405 g/mol. The molecule has 0 radical (unpaired) electrons. The van der Waals surface area contributed by atoms with E-state index in [4.69, 9.17) is 0 Å². The molecule has 4 rings (SSSR count). The van der Waals surface area contributed by atoms with E-state index in [0.29, 0.717) is 5.56 Å². The Morgan fingerprint density at radius 1 is 1.26 bits per heavy atom. The minimum absolute atomic E-state index is 0.0106. The molecule has 1 atom stereocenters. The molecule has 0 aromatic carbocycles. The highest BCUT2D eigenvalue weighted by Gasteiger charge is 2.33. The number of carbonyl (C=O) groups excluding carboxylic acids is 1. The van der Waals surface area contributed by atoms with Crippen LogP contribution in [0.2, 0.25) is 0 Å². The van der Waals surface area contributed by atoms with Gasteiger partial charge in [-0.15, -0.1) is 22.7 Å². The molecule has 0 bridgehead atoms. The lowest BCUT2D eigenvalue weighted by Gasteiger charge is -2.35. The Hall–Kier alpha value is -1.50. The van der Waals surface area contributed by atoms with Crippen LogP contribution in [-0.2, 0) is 6.42 Å². The van der Waals surface area contributed by atoms with Crippen LogP contribution in [0, 0.1) is 0 Å². The topological polar surface area (TPSA) is 33.2 Å². The number of hydrogen-bond donors (Lipinski definition) is 0. The number of aromatic nitrogens is 1. The molecule has 0 N–H and O–H groups in total. The van der Waals surface area contributed by atoms with Gasteiger partial charge >= 0.3 is 0 Å². The molecule has 3 aromatic heterocycles. The molecule has 6 heteroatoms. The Kier molecular flexibility index (Phi) is 4.05. The van der Waals surface area contributed by atoms with Gasteiger partial charge in [0.15, 0.2) is 0 Å². The van der Waals surface area contributed by atoms with Gasteiger partial charge in [-0.2, -0.15) is 0 Å². The maximum Gasteiger partial charge on any atom is 0.256 e. The van der Waals surface area contributed by atoms with E-state index >= 15 is 0 Å². The van der Waals surface area contributed by atoms with E-state index in [1.54, 1.807) is 35.1 Å². The van der Waals surface area contributed by atoms with Gasteiger partial charge in [0.1, 0.15) is 0 Å². The Balaban J connectivity index is 1.77. The van der Waals surface area contributed by atoms with Crippen molar-refractivity contribution in [2.24, 2.45) is 0 Å². The molecule has 116 valence electrons. The van der Waals surface area contributed by atoms with Gasteiger partial charge < -0.3 is 4.90 Å². The number of rotatable bonds is 2. The van der Waals surface area contributed by atoms with Crippen LogP contribution in [0.4, 0.5) is 0 Å². The van der Waals surface area contributed by atoms with Crippen LogP contribution in [0.5, 0.6) is 0 Å². The van der Waals surface area contributed by atoms with Crippen LogP contribution in [0.15, 0.2) is 51.9 Å². The summed E-state index contributed by atoms with van der Waals surface area (Å²) in [6, 6.07) is 8.16. The van der Waals surface area contributed by atoms with Crippen molar-refractivity contribution in [3.63, 3.8) is 0 Å². The summed E-state index contributed by atoms with van der Waals surface area (Å²) in [7, 11) is 0. The van der Waals surface area contributed by atoms with Crippen molar-refractivity contribution in [1.29, 1.82) is 0 Å². The fourth-order valence-corrected chi connectivity index (χ4v) is 5.11. The number of carbonyl (C=O) groups is 1. The minimum atomic E-state index is 0.0106. The van der Waals surface area contributed by atoms with Gasteiger partial charge in [-0.25, -0.2) is 0 Å². The molecule has 1 aliphatic rings. The first-order valence-electron chi connectivity index (χ1n) is 7.25. The molecule has 0 spiro atoms. The molecular weight excluding hydrogens is 392 g/mol. The zero-order valence-corrected chi connectivity index (χ0v) is 15.3. The number of amides is 1. The van der Waals surface area contributed by atoms with Gasteiger partial charge in [-0.05, 0) is 56.9 Å². The highest BCUT2D eigenvalue weighted by atomic mass is 79.9. The maximum absolute atomic E-state index is 13.1. The van der Waals surface area contributed by atoms with E-state index in [2.05, 4.69) is 43.8 Å². The Bertz CT molecular complexity index is 844. The van der Waals surface area contributed by atoms with Crippen molar-refractivity contribution in [2.75, 3.05) is 6.54 Å². The molecule has 3 nitrogen and oxygen atoms in total. The van der Waals surface area contributed by atoms with Crippen molar-refractivity contribution < 1.29 is 4.79 Å². The maximum atomic E-state index is 13.1. The zero-order chi connectivity index (χ0) is 15.8. The first-order chi connectivity index (χ1) is 11.2. The molecule has 0 saturated heterocycles. The third-order valence-electron chi connectivity index (χ3n) is 3.99. The van der Waals surface area contributed by atoms with Gasteiger partial charge in [0.25, 0.3) is 5.91 Å². The van der Waals surface area contributed by atoms with E-state index < -0.39 is 0 Å². The zero-order valence-electron chi connectivity index (χ0n) is 12.1. The van der Waals surface area contributed by atoms with Gasteiger partial charge in [0.2, 0.25) is 0 Å². The monoisotopic (exact) mass is 404 g/mol. The second-order valence-electron chi connectivity index (χ2n) is 5.36. The third kappa shape index (κ3) is 2.75. The van der Waals surface area contributed by atoms with Crippen molar-refractivity contribution in [3.05, 3.63) is 72.8 Å². The summed E-state index contributed by atoms with van der Waals surface area (Å²) < 4.78 is 0.823. The summed E-state index contributed by atoms with van der Waals surface area (Å²) >= 11 is 6.89. The largest absolute Gasteiger partial charge is 0.326 e. The van der Waals surface area contributed by atoms with Gasteiger partial charge in [-0.3, -0.25) is 9.78 Å². The van der Waals surface area contributed by atoms with E-state index in [9.17, 15) is 4.79 Å². The Labute approximate surface area is 150 Å². The van der Waals surface area contributed by atoms with E-state index in [-0.39, 0.29) is 11.9 Å². The molecule has 3 aromatic rings. The number of hydrogen-bond acceptors (Lipinski definition) is 4. The number of thiophene rings is 2. The first kappa shape index (κ1) is 15.1. The molecule has 0 saturated carbocycles. The molecule has 4 heterocycles. The Morgan fingerprint density at radius 2 is 2.17 bits per heavy atom. The van der Waals surface area contributed by atoms with E-state index in [1.807, 2.05) is 17.0 Å². The van der Waals surface area contributed by atoms with E-state index in [1.165, 1.54) is 15.3 Å². The van der Waals surface area contributed by atoms with Crippen LogP contribution >= 0.6 is 38.6 Å². The minimum Gasteiger partial charge on any atom is -0.326 e. The van der Waals surface area contributed by atoms with Crippen LogP contribution in [0.25, 0.3) is 0 Å². The van der Waals surface area contributed by atoms with Gasteiger partial charge in [0.05, 0.1) is 11.6 Å². The lowest BCUT2D eigenvalue weighted by Crippen LogP contribution is -2.39. The summed E-state index contributed by atoms with van der Waals surface area (Å²) in [6.07, 6.45) is 4.25. The quantitative estimate of drug-likeness (QED) is 0.616. The normalized spacial score (nSPS) is 17.1. The van der Waals surface area contributed by atoms with Crippen molar-refractivity contribution in [1.82, 2.24) is 9.88 Å². The number of pyridine rings is 1. The van der Waals surface area contributed by atoms with Gasteiger partial charge in [0, 0.05) is 33.2 Å². The van der Waals surface area contributed by atoms with Crippen LogP contribution in [0.1, 0.15) is 31.7 Å². The van der Waals surface area contributed by atoms with Crippen molar-refractivity contribution in [2.45, 2.75) is 12.5 Å². The summed E-state index contributed by atoms with van der Waals surface area (Å²) in [6.45, 7) is 0.738. The van der Waals surface area contributed by atoms with Crippen molar-refractivity contribution >= 4 is 44.5 Å². The standard InChI is InChI=1S/C17H13BrN2OS2/c18-12-8-11(9-19-10-12)17(21)20-5-3-14-13(4-7-23-14)16(20)15-2-1-6-22-15/h1-2,4,6-10,16H,3,5H2/t16-/m0/s1. The second-order valence-corrected chi connectivity index (χ2v) is 8.25. The molecular formula is C17H13BrN2OS2. The highest BCUT2D eigenvalue weighted by Crippen LogP contribution is 2.40. The first-order valence-corrected chi connectivity index (χ1v) is 9.80. The molecule has 1 amide bonds. The van der Waals surface area contributed by atoms with E-state index in [0.717, 1.165) is 17.4 Å². The molecule has 1 aliphatic heterocycles. The van der Waals surface area contributed by atoms with Crippen LogP contribution < -0.4 is 0 Å². The lowest BCUT2D eigenvalue weighted by molar-refractivity contribution is 0.0698. The average Bonchev–Trinajstić information content (AvgIpc) is 3.24. The summed E-state index contributed by atoms with van der Waals surface area (Å²) in [5.41, 5.74) is 1.89. The smallest absolute Gasteiger partial charge is 0.256 e. The highest BCUT2D eigenvalue weighted by molar-refractivity contribution is 9.10. The Morgan fingerprint density at radius 3 is 2.96 bits per heavy atom. The third-order valence-corrected chi connectivity index (χ3v) is 6.35. The molecule has 0 aliphatic carbocycles. The predicted octanol–water partition coefficient (Wildman–Crippen LogP) is 4.76. The summed E-state index contributed by atoms with van der Waals surface area (Å²) in [4.78, 5) is 21.8. The summed E-state index contributed by atoms with van der Waals surface area (Å²) in [5, 5.41) is 4.19.